The highest BCUT2D eigenvalue weighted by Gasteiger charge is 2.28. The summed E-state index contributed by atoms with van der Waals surface area (Å²) in [4.78, 5) is 14.1. The van der Waals surface area contributed by atoms with E-state index in [1.807, 2.05) is 36.1 Å². The molecule has 1 aliphatic heterocycles. The van der Waals surface area contributed by atoms with Crippen molar-refractivity contribution in [3.8, 4) is 0 Å². The molecule has 0 bridgehead atoms. The quantitative estimate of drug-likeness (QED) is 0.930. The Labute approximate surface area is 116 Å². The average Bonchev–Trinajstić information content (AvgIpc) is 2.81. The van der Waals surface area contributed by atoms with Gasteiger partial charge in [-0.2, -0.15) is 0 Å². The van der Waals surface area contributed by atoms with E-state index in [2.05, 4.69) is 15.9 Å². The lowest BCUT2D eigenvalue weighted by molar-refractivity contribution is -0.129. The van der Waals surface area contributed by atoms with Crippen molar-refractivity contribution >= 4 is 21.8 Å². The van der Waals surface area contributed by atoms with Gasteiger partial charge in [-0.05, 0) is 37.0 Å². The summed E-state index contributed by atoms with van der Waals surface area (Å²) in [6, 6.07) is 8.09. The number of likely N-dealkylation sites (tertiary alicyclic amines) is 1. The van der Waals surface area contributed by atoms with E-state index in [9.17, 15) is 4.79 Å². The van der Waals surface area contributed by atoms with Crippen molar-refractivity contribution in [1.29, 1.82) is 0 Å². The Balaban J connectivity index is 1.91. The van der Waals surface area contributed by atoms with E-state index < -0.39 is 0 Å². The maximum Gasteiger partial charge on any atom is 0.226 e. The van der Waals surface area contributed by atoms with Crippen LogP contribution in [0.3, 0.4) is 0 Å². The highest BCUT2D eigenvalue weighted by atomic mass is 79.9. The van der Waals surface area contributed by atoms with Gasteiger partial charge in [0.15, 0.2) is 0 Å². The number of nitrogens with two attached hydrogens (primary N) is 1. The third kappa shape index (κ3) is 3.33. The number of hydrogen-bond acceptors (Lipinski definition) is 2. The van der Waals surface area contributed by atoms with Crippen LogP contribution in [0.1, 0.15) is 18.9 Å². The predicted molar refractivity (Wildman–Crippen MR) is 76.2 cm³/mol. The molecule has 1 fully saturated rings. The molecule has 0 saturated carbocycles. The van der Waals surface area contributed by atoms with Crippen molar-refractivity contribution in [2.45, 2.75) is 25.8 Å². The van der Waals surface area contributed by atoms with Crippen molar-refractivity contribution in [2.75, 3.05) is 13.1 Å². The topological polar surface area (TPSA) is 46.3 Å². The summed E-state index contributed by atoms with van der Waals surface area (Å²) < 4.78 is 1.04. The Bertz CT molecular complexity index is 416. The first-order chi connectivity index (χ1) is 8.56. The summed E-state index contributed by atoms with van der Waals surface area (Å²) in [7, 11) is 0. The molecule has 0 spiro atoms. The van der Waals surface area contributed by atoms with Crippen LogP contribution in [0.15, 0.2) is 28.7 Å². The molecular formula is C14H19BrN2O. The van der Waals surface area contributed by atoms with Gasteiger partial charge in [-0.1, -0.05) is 28.1 Å². The summed E-state index contributed by atoms with van der Waals surface area (Å²) in [5.41, 5.74) is 6.95. The molecule has 1 saturated heterocycles. The van der Waals surface area contributed by atoms with E-state index in [0.717, 1.165) is 29.5 Å². The first-order valence-corrected chi connectivity index (χ1v) is 7.13. The normalized spacial score (nSPS) is 21.1. The Morgan fingerprint density at radius 3 is 2.72 bits per heavy atom. The highest BCUT2D eigenvalue weighted by molar-refractivity contribution is 9.10. The number of hydrogen-bond donors (Lipinski definition) is 1. The van der Waals surface area contributed by atoms with Crippen LogP contribution >= 0.6 is 15.9 Å². The number of benzene rings is 1. The van der Waals surface area contributed by atoms with Crippen molar-refractivity contribution < 1.29 is 4.79 Å². The number of halogens is 1. The molecule has 1 heterocycles. The lowest BCUT2D eigenvalue weighted by Gasteiger charge is -2.18. The van der Waals surface area contributed by atoms with Crippen LogP contribution in [-0.4, -0.2) is 29.9 Å². The van der Waals surface area contributed by atoms with E-state index in [-0.39, 0.29) is 11.9 Å². The second kappa shape index (κ2) is 5.85. The van der Waals surface area contributed by atoms with Gasteiger partial charge < -0.3 is 10.6 Å². The molecule has 3 nitrogen and oxygen atoms in total. The molecule has 18 heavy (non-hydrogen) atoms. The molecule has 2 unspecified atom stereocenters. The Hall–Kier alpha value is -0.870. The van der Waals surface area contributed by atoms with Gasteiger partial charge in [0.25, 0.3) is 0 Å². The Morgan fingerprint density at radius 2 is 2.17 bits per heavy atom. The van der Waals surface area contributed by atoms with Gasteiger partial charge in [0.1, 0.15) is 0 Å². The van der Waals surface area contributed by atoms with Crippen LogP contribution in [-0.2, 0) is 11.2 Å². The fraction of sp³-hybridized carbons (Fsp3) is 0.500. The van der Waals surface area contributed by atoms with E-state index in [0.29, 0.717) is 12.3 Å². The zero-order valence-electron chi connectivity index (χ0n) is 10.6. The monoisotopic (exact) mass is 310 g/mol. The Morgan fingerprint density at radius 1 is 1.50 bits per heavy atom. The lowest BCUT2D eigenvalue weighted by atomic mass is 10.0. The summed E-state index contributed by atoms with van der Waals surface area (Å²) in [5.74, 6) is 0.666. The van der Waals surface area contributed by atoms with Crippen LogP contribution in [0.5, 0.6) is 0 Å². The molecule has 4 heteroatoms. The minimum absolute atomic E-state index is 0.176. The molecular weight excluding hydrogens is 292 g/mol. The minimum atomic E-state index is 0.176. The molecule has 1 aromatic rings. The first-order valence-electron chi connectivity index (χ1n) is 6.34. The smallest absolute Gasteiger partial charge is 0.226 e. The maximum absolute atomic E-state index is 12.1. The molecule has 2 atom stereocenters. The molecule has 98 valence electrons. The van der Waals surface area contributed by atoms with Crippen molar-refractivity contribution in [3.63, 3.8) is 0 Å². The van der Waals surface area contributed by atoms with Gasteiger partial charge >= 0.3 is 0 Å². The lowest BCUT2D eigenvalue weighted by Crippen LogP contribution is -2.33. The van der Waals surface area contributed by atoms with Crippen LogP contribution < -0.4 is 5.73 Å². The standard InChI is InChI=1S/C14H19BrN2O/c1-10(16)12-6-7-17(9-12)14(18)8-11-2-4-13(15)5-3-11/h2-5,10,12H,6-9,16H2,1H3. The van der Waals surface area contributed by atoms with Crippen LogP contribution in [0.25, 0.3) is 0 Å². The number of carbonyl (C=O) groups is 1. The third-order valence-electron chi connectivity index (χ3n) is 3.59. The van der Waals surface area contributed by atoms with E-state index in [1.54, 1.807) is 0 Å². The maximum atomic E-state index is 12.1. The number of rotatable bonds is 3. The van der Waals surface area contributed by atoms with Gasteiger partial charge in [-0.15, -0.1) is 0 Å². The number of nitrogens with zero attached hydrogens (tertiary/aromatic N) is 1. The predicted octanol–water partition coefficient (Wildman–Crippen LogP) is 2.19. The number of carbonyl (C=O) groups excluding carboxylic acids is 1. The van der Waals surface area contributed by atoms with Crippen molar-refractivity contribution in [3.05, 3.63) is 34.3 Å². The molecule has 2 N–H and O–H groups in total. The summed E-state index contributed by atoms with van der Waals surface area (Å²) >= 11 is 3.39. The number of amides is 1. The molecule has 0 radical (unpaired) electrons. The van der Waals surface area contributed by atoms with Crippen LogP contribution in [0, 0.1) is 5.92 Å². The second-order valence-corrected chi connectivity index (χ2v) is 5.97. The zero-order valence-corrected chi connectivity index (χ0v) is 12.2. The summed E-state index contributed by atoms with van der Waals surface area (Å²) in [6.45, 7) is 3.68. The highest BCUT2D eigenvalue weighted by Crippen LogP contribution is 2.20. The SMILES string of the molecule is CC(N)C1CCN(C(=O)Cc2ccc(Br)cc2)C1. The zero-order chi connectivity index (χ0) is 13.1. The van der Waals surface area contributed by atoms with E-state index in [1.165, 1.54) is 0 Å². The van der Waals surface area contributed by atoms with Gasteiger partial charge in [0.05, 0.1) is 6.42 Å². The molecule has 0 aliphatic carbocycles. The van der Waals surface area contributed by atoms with Crippen molar-refractivity contribution in [1.82, 2.24) is 4.90 Å². The van der Waals surface area contributed by atoms with Crippen molar-refractivity contribution in [2.24, 2.45) is 11.7 Å². The van der Waals surface area contributed by atoms with Crippen LogP contribution in [0.2, 0.25) is 0 Å². The largest absolute Gasteiger partial charge is 0.342 e. The fourth-order valence-electron chi connectivity index (χ4n) is 2.33. The van der Waals surface area contributed by atoms with E-state index >= 15 is 0 Å². The van der Waals surface area contributed by atoms with Gasteiger partial charge in [-0.25, -0.2) is 0 Å². The fourth-order valence-corrected chi connectivity index (χ4v) is 2.60. The molecule has 2 rings (SSSR count). The molecule has 1 amide bonds. The minimum Gasteiger partial charge on any atom is -0.342 e. The average molecular weight is 311 g/mol. The van der Waals surface area contributed by atoms with Gasteiger partial charge in [0, 0.05) is 23.6 Å². The summed E-state index contributed by atoms with van der Waals surface area (Å²) in [6.07, 6.45) is 1.52. The third-order valence-corrected chi connectivity index (χ3v) is 4.12. The van der Waals surface area contributed by atoms with Crippen LogP contribution in [0.4, 0.5) is 0 Å². The Kier molecular flexibility index (Phi) is 4.40. The van der Waals surface area contributed by atoms with E-state index in [4.69, 9.17) is 5.73 Å². The molecule has 1 aliphatic rings. The molecule has 0 aromatic heterocycles. The molecule has 1 aromatic carbocycles. The van der Waals surface area contributed by atoms with Gasteiger partial charge in [0.2, 0.25) is 5.91 Å². The second-order valence-electron chi connectivity index (χ2n) is 5.05. The van der Waals surface area contributed by atoms with Gasteiger partial charge in [-0.3, -0.25) is 4.79 Å². The summed E-state index contributed by atoms with van der Waals surface area (Å²) in [5, 5.41) is 0. The first kappa shape index (κ1) is 13.6.